The predicted molar refractivity (Wildman–Crippen MR) is 145 cm³/mol. The van der Waals surface area contributed by atoms with Gasteiger partial charge in [0.25, 0.3) is 0 Å². The number of amides is 3. The SMILES string of the molecule is O=C(Nc1ccc(Cl)cc1)C1[C@H]2C=CC3(O2)C(C(=O)NC2CCCCC2)N(Cc2ccccc2Cl)C(=O)[C@@H]13. The van der Waals surface area contributed by atoms with Crippen LogP contribution in [0.5, 0.6) is 0 Å². The van der Waals surface area contributed by atoms with Gasteiger partial charge in [-0.1, -0.05) is 72.8 Å². The molecule has 1 saturated carbocycles. The van der Waals surface area contributed by atoms with Crippen LogP contribution in [0.4, 0.5) is 5.69 Å². The number of nitrogens with one attached hydrogen (secondary N) is 2. The van der Waals surface area contributed by atoms with Crippen molar-refractivity contribution in [1.29, 1.82) is 0 Å². The average Bonchev–Trinajstić information content (AvgIpc) is 3.55. The zero-order valence-electron chi connectivity index (χ0n) is 20.7. The van der Waals surface area contributed by atoms with E-state index in [0.717, 1.165) is 37.7 Å². The Bertz CT molecular complexity index is 1290. The first-order chi connectivity index (χ1) is 18.4. The van der Waals surface area contributed by atoms with Crippen molar-refractivity contribution in [2.45, 2.75) is 62.4 Å². The molecule has 2 N–H and O–H groups in total. The molecule has 38 heavy (non-hydrogen) atoms. The molecule has 7 nitrogen and oxygen atoms in total. The molecule has 2 saturated heterocycles. The molecule has 0 radical (unpaired) electrons. The number of rotatable bonds is 6. The van der Waals surface area contributed by atoms with Gasteiger partial charge in [-0.05, 0) is 48.7 Å². The van der Waals surface area contributed by atoms with Gasteiger partial charge < -0.3 is 20.3 Å². The molecule has 3 unspecified atom stereocenters. The second-order valence-corrected chi connectivity index (χ2v) is 11.4. The smallest absolute Gasteiger partial charge is 0.246 e. The summed E-state index contributed by atoms with van der Waals surface area (Å²) >= 11 is 12.4. The minimum absolute atomic E-state index is 0.0653. The van der Waals surface area contributed by atoms with E-state index in [4.69, 9.17) is 27.9 Å². The van der Waals surface area contributed by atoms with Crippen LogP contribution in [-0.2, 0) is 25.7 Å². The van der Waals surface area contributed by atoms with Gasteiger partial charge in [-0.3, -0.25) is 14.4 Å². The Kier molecular flexibility index (Phi) is 6.70. The van der Waals surface area contributed by atoms with Gasteiger partial charge >= 0.3 is 0 Å². The number of carbonyl (C=O) groups excluding carboxylic acids is 3. The van der Waals surface area contributed by atoms with E-state index in [-0.39, 0.29) is 30.3 Å². The summed E-state index contributed by atoms with van der Waals surface area (Å²) in [5.74, 6) is -2.45. The van der Waals surface area contributed by atoms with Crippen LogP contribution in [0.2, 0.25) is 10.0 Å². The van der Waals surface area contributed by atoms with Gasteiger partial charge in [0.15, 0.2) is 0 Å². The van der Waals surface area contributed by atoms with Gasteiger partial charge in [0, 0.05) is 28.3 Å². The summed E-state index contributed by atoms with van der Waals surface area (Å²) in [6, 6.07) is 13.2. The topological polar surface area (TPSA) is 87.7 Å². The average molecular weight is 554 g/mol. The monoisotopic (exact) mass is 553 g/mol. The fourth-order valence-corrected chi connectivity index (χ4v) is 6.86. The molecule has 4 aliphatic rings. The predicted octanol–water partition coefficient (Wildman–Crippen LogP) is 4.73. The summed E-state index contributed by atoms with van der Waals surface area (Å²) in [6.45, 7) is 0.146. The number of halogens is 2. The lowest BCUT2D eigenvalue weighted by Gasteiger charge is -2.34. The molecule has 3 amide bonds. The number of carbonyl (C=O) groups is 3. The van der Waals surface area contributed by atoms with Crippen molar-refractivity contribution in [2.24, 2.45) is 11.8 Å². The molecule has 3 fully saturated rings. The third-order valence-corrected chi connectivity index (χ3v) is 8.91. The van der Waals surface area contributed by atoms with Crippen LogP contribution in [-0.4, -0.2) is 46.4 Å². The molecule has 2 aromatic carbocycles. The van der Waals surface area contributed by atoms with Crippen LogP contribution >= 0.6 is 23.2 Å². The minimum atomic E-state index is -1.22. The Morgan fingerprint density at radius 3 is 2.47 bits per heavy atom. The molecule has 9 heteroatoms. The summed E-state index contributed by atoms with van der Waals surface area (Å²) in [5, 5.41) is 7.17. The number of benzene rings is 2. The van der Waals surface area contributed by atoms with Crippen LogP contribution in [0.15, 0.2) is 60.7 Å². The maximum atomic E-state index is 14.1. The van der Waals surface area contributed by atoms with E-state index in [1.54, 1.807) is 35.2 Å². The molecule has 2 aromatic rings. The number of ether oxygens (including phenoxy) is 1. The highest BCUT2D eigenvalue weighted by atomic mass is 35.5. The first kappa shape index (κ1) is 25.4. The third kappa shape index (κ3) is 4.31. The van der Waals surface area contributed by atoms with Gasteiger partial charge in [-0.25, -0.2) is 0 Å². The van der Waals surface area contributed by atoms with Crippen molar-refractivity contribution in [1.82, 2.24) is 10.2 Å². The maximum absolute atomic E-state index is 14.1. The van der Waals surface area contributed by atoms with Crippen molar-refractivity contribution >= 4 is 46.6 Å². The zero-order chi connectivity index (χ0) is 26.4. The zero-order valence-corrected chi connectivity index (χ0v) is 22.3. The number of anilines is 1. The van der Waals surface area contributed by atoms with E-state index in [1.165, 1.54) is 0 Å². The highest BCUT2D eigenvalue weighted by Crippen LogP contribution is 2.55. The summed E-state index contributed by atoms with van der Waals surface area (Å²) < 4.78 is 6.42. The van der Waals surface area contributed by atoms with E-state index >= 15 is 0 Å². The van der Waals surface area contributed by atoms with E-state index < -0.39 is 29.6 Å². The van der Waals surface area contributed by atoms with Gasteiger partial charge in [-0.2, -0.15) is 0 Å². The highest BCUT2D eigenvalue weighted by molar-refractivity contribution is 6.31. The van der Waals surface area contributed by atoms with Crippen molar-refractivity contribution in [2.75, 3.05) is 5.32 Å². The van der Waals surface area contributed by atoms with Crippen molar-refractivity contribution < 1.29 is 19.1 Å². The Morgan fingerprint density at radius 2 is 1.74 bits per heavy atom. The summed E-state index contributed by atoms with van der Waals surface area (Å²) in [6.07, 6.45) is 8.17. The van der Waals surface area contributed by atoms with Gasteiger partial charge in [0.1, 0.15) is 11.6 Å². The second-order valence-electron chi connectivity index (χ2n) is 10.6. The summed E-state index contributed by atoms with van der Waals surface area (Å²) in [7, 11) is 0. The van der Waals surface area contributed by atoms with Crippen molar-refractivity contribution in [3.05, 3.63) is 76.3 Å². The molecule has 1 aliphatic carbocycles. The number of hydrogen-bond acceptors (Lipinski definition) is 4. The van der Waals surface area contributed by atoms with Crippen LogP contribution < -0.4 is 10.6 Å². The van der Waals surface area contributed by atoms with Crippen LogP contribution in [0.3, 0.4) is 0 Å². The number of hydrogen-bond donors (Lipinski definition) is 2. The third-order valence-electron chi connectivity index (χ3n) is 8.29. The normalized spacial score (nSPS) is 29.9. The number of nitrogens with zero attached hydrogens (tertiary/aromatic N) is 1. The molecule has 2 bridgehead atoms. The lowest BCUT2D eigenvalue weighted by Crippen LogP contribution is -2.56. The molecule has 5 atom stereocenters. The molecular formula is C29H29Cl2N3O4. The van der Waals surface area contributed by atoms with Crippen LogP contribution in [0.1, 0.15) is 37.7 Å². The summed E-state index contributed by atoms with van der Waals surface area (Å²) in [4.78, 5) is 43.1. The van der Waals surface area contributed by atoms with Crippen LogP contribution in [0.25, 0.3) is 0 Å². The number of fused-ring (bicyclic) bond motifs is 1. The first-order valence-electron chi connectivity index (χ1n) is 13.2. The Morgan fingerprint density at radius 1 is 1.00 bits per heavy atom. The van der Waals surface area contributed by atoms with Gasteiger partial charge in [0.2, 0.25) is 17.7 Å². The van der Waals surface area contributed by atoms with Crippen LogP contribution in [0, 0.1) is 11.8 Å². The van der Waals surface area contributed by atoms with Gasteiger partial charge in [-0.15, -0.1) is 0 Å². The quantitative estimate of drug-likeness (QED) is 0.506. The Hall–Kier alpha value is -2.87. The van der Waals surface area contributed by atoms with E-state index in [0.29, 0.717) is 15.7 Å². The van der Waals surface area contributed by atoms with Crippen molar-refractivity contribution in [3.63, 3.8) is 0 Å². The summed E-state index contributed by atoms with van der Waals surface area (Å²) in [5.41, 5.74) is 0.0873. The molecular weight excluding hydrogens is 525 g/mol. The first-order valence-corrected chi connectivity index (χ1v) is 13.9. The maximum Gasteiger partial charge on any atom is 0.246 e. The molecule has 0 aromatic heterocycles. The van der Waals surface area contributed by atoms with Gasteiger partial charge in [0.05, 0.1) is 17.9 Å². The second kappa shape index (κ2) is 10.0. The lowest BCUT2D eigenvalue weighted by molar-refractivity contribution is -0.142. The van der Waals surface area contributed by atoms with E-state index in [1.807, 2.05) is 30.4 Å². The standard InChI is InChI=1S/C29H29Cl2N3O4/c30-18-10-12-20(13-11-18)32-26(35)23-22-14-15-29(38-22)24(23)28(37)34(16-17-6-4-5-9-21(17)31)25(29)27(36)33-19-7-2-1-3-8-19/h4-6,9-15,19,22-25H,1-3,7-8,16H2,(H,32,35)(H,33,36)/t22-,23?,24-,25?,29?/m1/s1. The molecule has 1 spiro atoms. The van der Waals surface area contributed by atoms with E-state index in [2.05, 4.69) is 10.6 Å². The Labute approximate surface area is 231 Å². The number of likely N-dealkylation sites (tertiary alicyclic amines) is 1. The highest BCUT2D eigenvalue weighted by Gasteiger charge is 2.72. The minimum Gasteiger partial charge on any atom is -0.359 e. The van der Waals surface area contributed by atoms with E-state index in [9.17, 15) is 14.4 Å². The largest absolute Gasteiger partial charge is 0.359 e. The fraction of sp³-hybridized carbons (Fsp3) is 0.414. The van der Waals surface area contributed by atoms with Crippen molar-refractivity contribution in [3.8, 4) is 0 Å². The molecule has 6 rings (SSSR count). The molecule has 3 aliphatic heterocycles. The molecule has 198 valence electrons. The molecule has 3 heterocycles. The fourth-order valence-electron chi connectivity index (χ4n) is 6.53. The Balaban J connectivity index is 1.33. The lowest BCUT2D eigenvalue weighted by atomic mass is 9.74.